The van der Waals surface area contributed by atoms with E-state index in [1.54, 1.807) is 41.8 Å². The molecular weight excluding hydrogens is 452 g/mol. The zero-order valence-electron chi connectivity index (χ0n) is 19.5. The van der Waals surface area contributed by atoms with Gasteiger partial charge in [-0.05, 0) is 61.9 Å². The maximum Gasteiger partial charge on any atom is 0.373 e. The standard InChI is InChI=1S/C25H24N4O6/c1-4-33-21-13-17(8-10-19(21)34-15-18-9-11-20(35-18)25(31)32-3)14-26-28-24(30)23-16(2)27-22-7-5-6-12-29(22)23/h5-14H,4,15H2,1-3H3,(H,28,30). The molecule has 180 valence electrons. The second-order valence-corrected chi connectivity index (χ2v) is 7.36. The zero-order valence-corrected chi connectivity index (χ0v) is 19.5. The van der Waals surface area contributed by atoms with Gasteiger partial charge in [0.1, 0.15) is 23.7 Å². The lowest BCUT2D eigenvalue weighted by Crippen LogP contribution is -2.20. The molecule has 10 nitrogen and oxygen atoms in total. The molecule has 0 bridgehead atoms. The van der Waals surface area contributed by atoms with Gasteiger partial charge in [0.15, 0.2) is 11.5 Å². The van der Waals surface area contributed by atoms with Gasteiger partial charge in [0.05, 0.1) is 25.6 Å². The van der Waals surface area contributed by atoms with Crippen LogP contribution in [-0.4, -0.2) is 41.2 Å². The number of fused-ring (bicyclic) bond motifs is 1. The molecule has 0 aliphatic rings. The largest absolute Gasteiger partial charge is 0.490 e. The van der Waals surface area contributed by atoms with Crippen molar-refractivity contribution in [2.75, 3.05) is 13.7 Å². The van der Waals surface area contributed by atoms with E-state index < -0.39 is 5.97 Å². The van der Waals surface area contributed by atoms with Crippen LogP contribution in [0, 0.1) is 6.92 Å². The number of rotatable bonds is 9. The summed E-state index contributed by atoms with van der Waals surface area (Å²) in [5.41, 5.74) is 4.96. The Hall–Kier alpha value is -4.60. The van der Waals surface area contributed by atoms with Crippen molar-refractivity contribution in [3.8, 4) is 11.5 Å². The van der Waals surface area contributed by atoms with Crippen molar-refractivity contribution in [2.45, 2.75) is 20.5 Å². The third-order valence-electron chi connectivity index (χ3n) is 4.98. The smallest absolute Gasteiger partial charge is 0.373 e. The van der Waals surface area contributed by atoms with E-state index in [1.165, 1.54) is 19.4 Å². The Labute approximate surface area is 201 Å². The quantitative estimate of drug-likeness (QED) is 0.222. The van der Waals surface area contributed by atoms with E-state index in [1.807, 2.05) is 25.1 Å². The van der Waals surface area contributed by atoms with Crippen molar-refractivity contribution in [1.29, 1.82) is 0 Å². The summed E-state index contributed by atoms with van der Waals surface area (Å²) in [5.74, 6) is 0.629. The maximum absolute atomic E-state index is 12.7. The van der Waals surface area contributed by atoms with Crippen LogP contribution in [0.1, 0.15) is 45.0 Å². The topological polar surface area (TPSA) is 117 Å². The van der Waals surface area contributed by atoms with Gasteiger partial charge < -0.3 is 18.6 Å². The fourth-order valence-corrected chi connectivity index (χ4v) is 3.41. The van der Waals surface area contributed by atoms with Gasteiger partial charge in [-0.15, -0.1) is 0 Å². The monoisotopic (exact) mass is 476 g/mol. The highest BCUT2D eigenvalue weighted by Gasteiger charge is 2.16. The Morgan fingerprint density at radius 3 is 2.80 bits per heavy atom. The first-order valence-corrected chi connectivity index (χ1v) is 10.8. The maximum atomic E-state index is 12.7. The summed E-state index contributed by atoms with van der Waals surface area (Å²) >= 11 is 0. The number of hydrogen-bond acceptors (Lipinski definition) is 8. The number of methoxy groups -OCH3 is 1. The lowest BCUT2D eigenvalue weighted by molar-refractivity contribution is 0.0560. The summed E-state index contributed by atoms with van der Waals surface area (Å²) in [7, 11) is 1.28. The molecule has 1 aromatic carbocycles. The summed E-state index contributed by atoms with van der Waals surface area (Å²) in [5, 5.41) is 4.08. The van der Waals surface area contributed by atoms with Gasteiger partial charge in [0.25, 0.3) is 5.91 Å². The highest BCUT2D eigenvalue weighted by atomic mass is 16.5. The molecule has 1 amide bonds. The van der Waals surface area contributed by atoms with E-state index in [0.29, 0.717) is 46.5 Å². The van der Waals surface area contributed by atoms with Gasteiger partial charge in [-0.3, -0.25) is 9.20 Å². The average Bonchev–Trinajstić information content (AvgIpc) is 3.47. The van der Waals surface area contributed by atoms with Crippen molar-refractivity contribution in [3.63, 3.8) is 0 Å². The number of benzene rings is 1. The number of esters is 1. The lowest BCUT2D eigenvalue weighted by atomic mass is 10.2. The Morgan fingerprint density at radius 2 is 2.00 bits per heavy atom. The molecule has 0 spiro atoms. The second-order valence-electron chi connectivity index (χ2n) is 7.36. The SMILES string of the molecule is CCOc1cc(C=NNC(=O)c2c(C)nc3ccccn23)ccc1OCc1ccc(C(=O)OC)o1. The fourth-order valence-electron chi connectivity index (χ4n) is 3.41. The number of carbonyl (C=O) groups excluding carboxylic acids is 2. The third-order valence-corrected chi connectivity index (χ3v) is 4.98. The van der Waals surface area contributed by atoms with Gasteiger partial charge in [0.2, 0.25) is 5.76 Å². The van der Waals surface area contributed by atoms with Crippen LogP contribution < -0.4 is 14.9 Å². The summed E-state index contributed by atoms with van der Waals surface area (Å²) < 4.78 is 23.3. The first-order valence-electron chi connectivity index (χ1n) is 10.8. The number of amides is 1. The molecule has 0 saturated heterocycles. The molecule has 4 aromatic rings. The van der Waals surface area contributed by atoms with Crippen LogP contribution in [-0.2, 0) is 11.3 Å². The Kier molecular flexibility index (Phi) is 7.10. The van der Waals surface area contributed by atoms with Crippen molar-refractivity contribution >= 4 is 23.7 Å². The highest BCUT2D eigenvalue weighted by Crippen LogP contribution is 2.29. The molecule has 0 radical (unpaired) electrons. The normalized spacial score (nSPS) is 11.1. The number of furan rings is 1. The summed E-state index contributed by atoms with van der Waals surface area (Å²) in [4.78, 5) is 28.6. The number of ether oxygens (including phenoxy) is 3. The fraction of sp³-hybridized carbons (Fsp3) is 0.200. The molecule has 0 saturated carbocycles. The molecule has 3 aromatic heterocycles. The molecule has 0 fully saturated rings. The predicted octanol–water partition coefficient (Wildman–Crippen LogP) is 3.76. The molecule has 0 aliphatic heterocycles. The molecule has 0 atom stereocenters. The summed E-state index contributed by atoms with van der Waals surface area (Å²) in [6.07, 6.45) is 3.29. The van der Waals surface area contributed by atoms with E-state index in [9.17, 15) is 9.59 Å². The van der Waals surface area contributed by atoms with Crippen molar-refractivity contribution in [2.24, 2.45) is 5.10 Å². The minimum Gasteiger partial charge on any atom is -0.490 e. The van der Waals surface area contributed by atoms with Crippen LogP contribution >= 0.6 is 0 Å². The minimum absolute atomic E-state index is 0.0964. The minimum atomic E-state index is -0.557. The van der Waals surface area contributed by atoms with Gasteiger partial charge in [-0.1, -0.05) is 6.07 Å². The number of imidazole rings is 1. The van der Waals surface area contributed by atoms with E-state index in [4.69, 9.17) is 13.9 Å². The lowest BCUT2D eigenvalue weighted by Gasteiger charge is -2.11. The second kappa shape index (κ2) is 10.6. The number of pyridine rings is 1. The summed E-state index contributed by atoms with van der Waals surface area (Å²) in [6.45, 7) is 4.16. The van der Waals surface area contributed by atoms with Gasteiger partial charge in [-0.25, -0.2) is 15.2 Å². The first kappa shape index (κ1) is 23.6. The number of hydrogen-bond donors (Lipinski definition) is 1. The van der Waals surface area contributed by atoms with Crippen molar-refractivity contribution in [1.82, 2.24) is 14.8 Å². The highest BCUT2D eigenvalue weighted by molar-refractivity contribution is 5.95. The first-order chi connectivity index (χ1) is 17.0. The summed E-state index contributed by atoms with van der Waals surface area (Å²) in [6, 6.07) is 13.9. The van der Waals surface area contributed by atoms with Crippen LogP contribution in [0.2, 0.25) is 0 Å². The van der Waals surface area contributed by atoms with E-state index >= 15 is 0 Å². The van der Waals surface area contributed by atoms with Gasteiger partial charge >= 0.3 is 5.97 Å². The van der Waals surface area contributed by atoms with Gasteiger partial charge in [-0.2, -0.15) is 5.10 Å². The van der Waals surface area contributed by atoms with Crippen molar-refractivity contribution in [3.05, 3.63) is 83.2 Å². The molecule has 1 N–H and O–H groups in total. The molecular formula is C25H24N4O6. The van der Waals surface area contributed by atoms with E-state index in [-0.39, 0.29) is 18.3 Å². The third kappa shape index (κ3) is 5.32. The Morgan fingerprint density at radius 1 is 1.14 bits per heavy atom. The van der Waals surface area contributed by atoms with Gasteiger partial charge in [0, 0.05) is 6.20 Å². The molecule has 3 heterocycles. The molecule has 10 heteroatoms. The van der Waals surface area contributed by atoms with E-state index in [0.717, 1.165) is 0 Å². The molecule has 0 aliphatic carbocycles. The van der Waals surface area contributed by atoms with Crippen LogP contribution in [0.5, 0.6) is 11.5 Å². The van der Waals surface area contributed by atoms with Crippen LogP contribution in [0.15, 0.2) is 64.2 Å². The van der Waals surface area contributed by atoms with E-state index in [2.05, 4.69) is 20.2 Å². The predicted molar refractivity (Wildman–Crippen MR) is 127 cm³/mol. The molecule has 4 rings (SSSR count). The number of nitrogens with one attached hydrogen (secondary N) is 1. The number of aryl methyl sites for hydroxylation is 1. The zero-order chi connectivity index (χ0) is 24.8. The Bertz CT molecular complexity index is 1390. The van der Waals surface area contributed by atoms with Crippen LogP contribution in [0.4, 0.5) is 0 Å². The van der Waals surface area contributed by atoms with Crippen LogP contribution in [0.25, 0.3) is 5.65 Å². The van der Waals surface area contributed by atoms with Crippen molar-refractivity contribution < 1.29 is 28.2 Å². The molecule has 35 heavy (non-hydrogen) atoms. The molecule has 0 unspecified atom stereocenters. The number of hydrazone groups is 1. The average molecular weight is 476 g/mol. The number of nitrogens with zero attached hydrogens (tertiary/aromatic N) is 3. The number of carbonyl (C=O) groups is 2. The number of aromatic nitrogens is 2. The van der Waals surface area contributed by atoms with Crippen LogP contribution in [0.3, 0.4) is 0 Å². The Balaban J connectivity index is 1.43.